The third-order valence-corrected chi connectivity index (χ3v) is 16.4. The average molecular weight is 1190 g/mol. The second kappa shape index (κ2) is 38.0. The summed E-state index contributed by atoms with van der Waals surface area (Å²) in [5.74, 6) is -7.48. The van der Waals surface area contributed by atoms with E-state index in [-0.39, 0.29) is 44.9 Å². The van der Waals surface area contributed by atoms with Crippen LogP contribution in [0.4, 0.5) is 4.79 Å². The van der Waals surface area contributed by atoms with E-state index in [1.165, 1.54) is 82.8 Å². The number of carbonyl (C=O) groups is 11. The molecule has 1 fully saturated rings. The third kappa shape index (κ3) is 21.1. The number of aliphatic hydroxyl groups is 1. The summed E-state index contributed by atoms with van der Waals surface area (Å²) < 4.78 is 0. The second-order valence-corrected chi connectivity index (χ2v) is 23.0. The lowest BCUT2D eigenvalue weighted by Crippen LogP contribution is -2.63. The van der Waals surface area contributed by atoms with E-state index in [0.29, 0.717) is 70.6 Å². The number of urea groups is 1. The van der Waals surface area contributed by atoms with Crippen LogP contribution in [-0.4, -0.2) is 220 Å². The number of aliphatic hydroxyl groups excluding tert-OH is 1. The minimum Gasteiger partial charge on any atom is -0.390 e. The van der Waals surface area contributed by atoms with Crippen molar-refractivity contribution in [3.63, 3.8) is 0 Å². The van der Waals surface area contributed by atoms with Gasteiger partial charge in [-0.3, -0.25) is 52.8 Å². The van der Waals surface area contributed by atoms with E-state index in [9.17, 15) is 48.3 Å². The topological polar surface area (TPSA) is 279 Å². The fourth-order valence-corrected chi connectivity index (χ4v) is 10.6. The first-order valence-electron chi connectivity index (χ1n) is 30.9. The number of rotatable bonds is 21. The van der Waals surface area contributed by atoms with Crippen LogP contribution in [-0.2, 0) is 47.9 Å². The maximum atomic E-state index is 15.1. The summed E-state index contributed by atoms with van der Waals surface area (Å²) >= 11 is 0. The second-order valence-electron chi connectivity index (χ2n) is 23.0. The van der Waals surface area contributed by atoms with Crippen molar-refractivity contribution in [1.29, 1.82) is 0 Å². The van der Waals surface area contributed by atoms with Crippen LogP contribution in [0.15, 0.2) is 12.2 Å². The van der Waals surface area contributed by atoms with Crippen LogP contribution in [0.2, 0.25) is 0 Å². The fraction of sp³-hybridized carbons (Fsp3) is 0.787. The quantitative estimate of drug-likeness (QED) is 0.0977. The van der Waals surface area contributed by atoms with Crippen LogP contribution in [0.1, 0.15) is 192 Å². The van der Waals surface area contributed by atoms with Crippen LogP contribution in [0.25, 0.3) is 0 Å². The van der Waals surface area contributed by atoms with Gasteiger partial charge < -0.3 is 55.8 Å². The summed E-state index contributed by atoms with van der Waals surface area (Å²) in [4.78, 5) is 168. The molecule has 12 unspecified atom stereocenters. The first kappa shape index (κ1) is 75.9. The molecule has 0 spiro atoms. The van der Waals surface area contributed by atoms with E-state index in [4.69, 9.17) is 0 Å². The Bertz CT molecular complexity index is 2210. The smallest absolute Gasteiger partial charge is 0.326 e. The summed E-state index contributed by atoms with van der Waals surface area (Å²) in [6.45, 7) is 19.3. The van der Waals surface area contributed by atoms with Crippen molar-refractivity contribution >= 4 is 65.1 Å². The number of imide groups is 1. The summed E-state index contributed by atoms with van der Waals surface area (Å²) in [7, 11) is 9.75. The molecule has 0 aliphatic carbocycles. The van der Waals surface area contributed by atoms with Gasteiger partial charge in [0.25, 0.3) is 5.91 Å². The summed E-state index contributed by atoms with van der Waals surface area (Å²) in [5.41, 5.74) is 0. The first-order chi connectivity index (χ1) is 39.6. The molecule has 1 heterocycles. The Balaban J connectivity index is 4.32. The predicted octanol–water partition coefficient (Wildman–Crippen LogP) is 4.73. The lowest BCUT2D eigenvalue weighted by atomic mass is 9.92. The molecule has 0 aromatic rings. The molecule has 12 amide bonds. The van der Waals surface area contributed by atoms with E-state index >= 15 is 9.59 Å². The van der Waals surface area contributed by atoms with Gasteiger partial charge in [0.2, 0.25) is 53.2 Å². The number of hydrogen-bond acceptors (Lipinski definition) is 12. The third-order valence-electron chi connectivity index (χ3n) is 16.4. The highest BCUT2D eigenvalue weighted by Crippen LogP contribution is 2.24. The Hall–Kier alpha value is -6.13. The number of allylic oxidation sites excluding steroid dienone is 2. The Kier molecular flexibility index (Phi) is 34.4. The van der Waals surface area contributed by atoms with Gasteiger partial charge in [-0.15, -0.1) is 0 Å². The fourth-order valence-electron chi connectivity index (χ4n) is 10.6. The lowest BCUT2D eigenvalue weighted by molar-refractivity contribution is -0.156. The number of unbranched alkanes of at least 4 members (excludes halogenated alkanes) is 4. The molecular weight excluding hydrogens is 1080 g/mol. The largest absolute Gasteiger partial charge is 0.390 e. The molecule has 23 nitrogen and oxygen atoms in total. The van der Waals surface area contributed by atoms with Gasteiger partial charge >= 0.3 is 6.03 Å². The minimum atomic E-state index is -1.63. The van der Waals surface area contributed by atoms with Crippen LogP contribution in [0, 0.1) is 5.92 Å². The highest BCUT2D eigenvalue weighted by atomic mass is 16.3. The van der Waals surface area contributed by atoms with Gasteiger partial charge in [-0.05, 0) is 78.1 Å². The molecule has 0 saturated carbocycles. The summed E-state index contributed by atoms with van der Waals surface area (Å²) in [6, 6.07) is -13.2. The monoisotopic (exact) mass is 1190 g/mol. The van der Waals surface area contributed by atoms with Crippen molar-refractivity contribution in [1.82, 2.24) is 55.6 Å². The number of carbonyl (C=O) groups excluding carboxylic acids is 11. The molecular formula is C61H109N11O12. The van der Waals surface area contributed by atoms with Crippen LogP contribution >= 0.6 is 0 Å². The zero-order chi connectivity index (χ0) is 64.3. The Morgan fingerprint density at radius 2 is 0.821 bits per heavy atom. The normalized spacial score (nSPS) is 26.5. The molecule has 5 N–H and O–H groups in total. The van der Waals surface area contributed by atoms with Crippen molar-refractivity contribution in [2.45, 2.75) is 258 Å². The molecule has 1 aliphatic heterocycles. The molecule has 1 saturated heterocycles. The minimum absolute atomic E-state index is 0.0403. The number of hydrogen-bond donors (Lipinski definition) is 5. The van der Waals surface area contributed by atoms with E-state index in [2.05, 4.69) is 21.3 Å². The van der Waals surface area contributed by atoms with E-state index in [1.807, 2.05) is 41.5 Å². The molecule has 480 valence electrons. The highest BCUT2D eigenvalue weighted by Gasteiger charge is 2.44. The van der Waals surface area contributed by atoms with Gasteiger partial charge in [0.1, 0.15) is 60.4 Å². The maximum Gasteiger partial charge on any atom is 0.326 e. The molecule has 12 atom stereocenters. The average Bonchev–Trinajstić information content (AvgIpc) is 3.67. The van der Waals surface area contributed by atoms with E-state index < -0.39 is 138 Å². The van der Waals surface area contributed by atoms with Gasteiger partial charge in [-0.25, -0.2) is 4.79 Å². The maximum absolute atomic E-state index is 15.1. The van der Waals surface area contributed by atoms with Crippen LogP contribution < -0.4 is 21.3 Å². The standard InChI is InChI=1S/C61H109N11O12/c1-19-27-34-39(9)50(73)49-54(77)64-42(26-8)56(79)72(18)61(84)70(16)45(36-29-21-3)53(76)65-43(32-24-6)57(80)66(12)44(35-28-20-2)52(75)62-40(10)51(74)63-41(11)55(78)67(13)47(37-30-22-4)58(81)69(15)48(38-31-23-5)59(82)68(14)46(33-25-7)60(83)71(49)17/h19,27,39-50,73H,20-26,28-38H2,1-18H3,(H,62,75)(H,63,74)(H,64,77)(H,65,76)/b27-19+. The molecule has 1 aliphatic rings. The summed E-state index contributed by atoms with van der Waals surface area (Å²) in [5, 5.41) is 23.0. The number of amides is 12. The number of nitrogens with one attached hydrogen (secondary N) is 4. The lowest BCUT2D eigenvalue weighted by Gasteiger charge is -2.40. The van der Waals surface area contributed by atoms with Gasteiger partial charge in [-0.1, -0.05) is 132 Å². The Labute approximate surface area is 502 Å². The van der Waals surface area contributed by atoms with Crippen LogP contribution in [0.3, 0.4) is 0 Å². The zero-order valence-corrected chi connectivity index (χ0v) is 54.4. The molecule has 0 bridgehead atoms. The van der Waals surface area contributed by atoms with E-state index in [1.54, 1.807) is 32.9 Å². The molecule has 23 heteroatoms. The van der Waals surface area contributed by atoms with Gasteiger partial charge in [0.05, 0.1) is 6.10 Å². The van der Waals surface area contributed by atoms with Crippen molar-refractivity contribution in [2.24, 2.45) is 5.92 Å². The SMILES string of the molecule is C/C=C/CC(C)C(O)C1C(=O)NC(CC)C(=O)N(C)C(=O)N(C)C(CCCC)C(=O)NC(CCC)C(=O)N(C)C(CCCC)C(=O)NC(C)C(=O)NC(C)C(=O)N(C)C(CCCC)C(=O)N(C)C(CCCC)C(=O)N(C)C(CCC)C(=O)N1C. The Morgan fingerprint density at radius 3 is 1.27 bits per heavy atom. The summed E-state index contributed by atoms with van der Waals surface area (Å²) in [6.07, 6.45) is 8.81. The molecule has 0 radical (unpaired) electrons. The van der Waals surface area contributed by atoms with Gasteiger partial charge in [0.15, 0.2) is 0 Å². The molecule has 0 aromatic heterocycles. The Morgan fingerprint density at radius 1 is 0.429 bits per heavy atom. The van der Waals surface area contributed by atoms with Crippen molar-refractivity contribution < 1.29 is 57.8 Å². The molecule has 0 aromatic carbocycles. The first-order valence-corrected chi connectivity index (χ1v) is 30.9. The van der Waals surface area contributed by atoms with E-state index in [0.717, 1.165) is 14.7 Å². The highest BCUT2D eigenvalue weighted by molar-refractivity contribution is 6.02. The molecule has 84 heavy (non-hydrogen) atoms. The van der Waals surface area contributed by atoms with Crippen molar-refractivity contribution in [3.05, 3.63) is 12.2 Å². The number of nitrogens with zero attached hydrogens (tertiary/aromatic N) is 7. The van der Waals surface area contributed by atoms with Gasteiger partial charge in [0, 0.05) is 49.3 Å². The number of likely N-dealkylation sites (N-methyl/N-ethyl adjacent to an activating group) is 7. The van der Waals surface area contributed by atoms with Crippen molar-refractivity contribution in [2.75, 3.05) is 49.3 Å². The van der Waals surface area contributed by atoms with Crippen molar-refractivity contribution in [3.8, 4) is 0 Å². The molecule has 1 rings (SSSR count). The zero-order valence-electron chi connectivity index (χ0n) is 54.4. The van der Waals surface area contributed by atoms with Crippen LogP contribution in [0.5, 0.6) is 0 Å². The predicted molar refractivity (Wildman–Crippen MR) is 324 cm³/mol. The van der Waals surface area contributed by atoms with Gasteiger partial charge in [-0.2, -0.15) is 0 Å².